The minimum Gasteiger partial charge on any atom is -0.308 e. The summed E-state index contributed by atoms with van der Waals surface area (Å²) in [4.78, 5) is 12.3. The molecule has 1 aromatic carbocycles. The van der Waals surface area contributed by atoms with E-state index in [2.05, 4.69) is 43.8 Å². The molecule has 0 aliphatic carbocycles. The van der Waals surface area contributed by atoms with Crippen LogP contribution in [0.15, 0.2) is 41.2 Å². The van der Waals surface area contributed by atoms with Crippen LogP contribution in [0, 0.1) is 0 Å². The molecule has 2 rings (SSSR count). The van der Waals surface area contributed by atoms with Crippen LogP contribution >= 0.6 is 12.6 Å². The van der Waals surface area contributed by atoms with E-state index in [4.69, 9.17) is 0 Å². The zero-order valence-corrected chi connectivity index (χ0v) is 12.3. The van der Waals surface area contributed by atoms with Crippen LogP contribution < -0.4 is 5.56 Å². The van der Waals surface area contributed by atoms with Gasteiger partial charge in [-0.2, -0.15) is 12.6 Å². The highest BCUT2D eigenvalue weighted by atomic mass is 32.1. The molecule has 0 amide bonds. The van der Waals surface area contributed by atoms with Crippen LogP contribution in [0.4, 0.5) is 0 Å². The molecule has 0 fully saturated rings. The summed E-state index contributed by atoms with van der Waals surface area (Å²) in [5, 5.41) is 0. The molecule has 2 aromatic rings. The van der Waals surface area contributed by atoms with E-state index < -0.39 is 0 Å². The molecule has 0 radical (unpaired) electrons. The summed E-state index contributed by atoms with van der Waals surface area (Å²) in [7, 11) is 0. The second-order valence-corrected chi connectivity index (χ2v) is 4.82. The lowest BCUT2D eigenvalue weighted by Crippen LogP contribution is -2.23. The molecular weight excluding hydrogens is 254 g/mol. The van der Waals surface area contributed by atoms with E-state index in [0.717, 1.165) is 23.2 Å². The van der Waals surface area contributed by atoms with Crippen molar-refractivity contribution in [1.29, 1.82) is 0 Å². The summed E-state index contributed by atoms with van der Waals surface area (Å²) in [5.74, 6) is 0.480. The fourth-order valence-electron chi connectivity index (χ4n) is 2.22. The molecule has 0 unspecified atom stereocenters. The first-order valence-electron chi connectivity index (χ1n) is 6.64. The number of pyridine rings is 1. The number of aromatic nitrogens is 1. The third kappa shape index (κ3) is 2.76. The maximum Gasteiger partial charge on any atom is 0.255 e. The molecule has 2 nitrogen and oxygen atoms in total. The standard InChI is InChI=1S/C16H19NOS/c1-3-12-5-7-13(8-6-12)15-10-9-14(11-19)16(18)17(15)4-2/h5-10,19H,3-4,11H2,1-2H3. The van der Waals surface area contributed by atoms with Crippen molar-refractivity contribution in [3.63, 3.8) is 0 Å². The van der Waals surface area contributed by atoms with E-state index in [1.807, 2.05) is 23.6 Å². The number of hydrogen-bond donors (Lipinski definition) is 1. The Balaban J connectivity index is 2.55. The Morgan fingerprint density at radius 2 is 1.74 bits per heavy atom. The molecule has 0 aliphatic rings. The monoisotopic (exact) mass is 273 g/mol. The number of rotatable bonds is 4. The van der Waals surface area contributed by atoms with Crippen molar-refractivity contribution >= 4 is 12.6 Å². The van der Waals surface area contributed by atoms with Crippen LogP contribution in [0.3, 0.4) is 0 Å². The number of nitrogens with zero attached hydrogens (tertiary/aromatic N) is 1. The zero-order chi connectivity index (χ0) is 13.8. The van der Waals surface area contributed by atoms with Crippen LogP contribution in [0.1, 0.15) is 25.0 Å². The van der Waals surface area contributed by atoms with Crippen molar-refractivity contribution in [1.82, 2.24) is 4.57 Å². The van der Waals surface area contributed by atoms with E-state index in [1.165, 1.54) is 5.56 Å². The minimum atomic E-state index is 0.0644. The van der Waals surface area contributed by atoms with Crippen molar-refractivity contribution in [2.24, 2.45) is 0 Å². The van der Waals surface area contributed by atoms with Crippen molar-refractivity contribution in [2.75, 3.05) is 0 Å². The highest BCUT2D eigenvalue weighted by Gasteiger charge is 2.08. The number of aryl methyl sites for hydroxylation is 1. The van der Waals surface area contributed by atoms with Gasteiger partial charge in [-0.1, -0.05) is 37.3 Å². The zero-order valence-electron chi connectivity index (χ0n) is 11.4. The van der Waals surface area contributed by atoms with Crippen molar-refractivity contribution in [3.8, 4) is 11.3 Å². The fourth-order valence-corrected chi connectivity index (χ4v) is 2.46. The van der Waals surface area contributed by atoms with Crippen LogP contribution in [0.2, 0.25) is 0 Å². The second kappa shape index (κ2) is 6.11. The summed E-state index contributed by atoms with van der Waals surface area (Å²) in [6.07, 6.45) is 1.03. The van der Waals surface area contributed by atoms with Gasteiger partial charge in [0.15, 0.2) is 0 Å². The Labute approximate surface area is 119 Å². The van der Waals surface area contributed by atoms with Crippen LogP contribution in [-0.4, -0.2) is 4.57 Å². The minimum absolute atomic E-state index is 0.0644. The summed E-state index contributed by atoms with van der Waals surface area (Å²) in [6, 6.07) is 12.3. The van der Waals surface area contributed by atoms with Crippen LogP contribution in [0.5, 0.6) is 0 Å². The molecule has 0 atom stereocenters. The maximum absolute atomic E-state index is 12.3. The Morgan fingerprint density at radius 3 is 2.26 bits per heavy atom. The van der Waals surface area contributed by atoms with Crippen molar-refractivity contribution in [3.05, 3.63) is 57.9 Å². The highest BCUT2D eigenvalue weighted by molar-refractivity contribution is 7.79. The van der Waals surface area contributed by atoms with Gasteiger partial charge in [-0.25, -0.2) is 0 Å². The van der Waals surface area contributed by atoms with Crippen molar-refractivity contribution in [2.45, 2.75) is 32.6 Å². The van der Waals surface area contributed by atoms with E-state index in [9.17, 15) is 4.79 Å². The molecule has 0 bridgehead atoms. The predicted octanol–water partition coefficient (Wildman–Crippen LogP) is 3.53. The van der Waals surface area contributed by atoms with Gasteiger partial charge in [-0.05, 0) is 30.5 Å². The molecule has 100 valence electrons. The van der Waals surface area contributed by atoms with Gasteiger partial charge in [-0.3, -0.25) is 4.79 Å². The van der Waals surface area contributed by atoms with Gasteiger partial charge in [-0.15, -0.1) is 0 Å². The SMILES string of the molecule is CCc1ccc(-c2ccc(CS)c(=O)n2CC)cc1. The fraction of sp³-hybridized carbons (Fsp3) is 0.312. The molecule has 19 heavy (non-hydrogen) atoms. The molecule has 3 heteroatoms. The Kier molecular flexibility index (Phi) is 4.48. The topological polar surface area (TPSA) is 22.0 Å². The van der Waals surface area contributed by atoms with E-state index >= 15 is 0 Å². The summed E-state index contributed by atoms with van der Waals surface area (Å²) < 4.78 is 1.81. The predicted molar refractivity (Wildman–Crippen MR) is 83.9 cm³/mol. The van der Waals surface area contributed by atoms with E-state index in [0.29, 0.717) is 12.3 Å². The van der Waals surface area contributed by atoms with Crippen LogP contribution in [-0.2, 0) is 18.7 Å². The van der Waals surface area contributed by atoms with Gasteiger partial charge in [0.2, 0.25) is 0 Å². The van der Waals surface area contributed by atoms with E-state index in [1.54, 1.807) is 0 Å². The lowest BCUT2D eigenvalue weighted by atomic mass is 10.1. The number of thiol groups is 1. The summed E-state index contributed by atoms with van der Waals surface area (Å²) in [5.41, 5.74) is 4.18. The van der Waals surface area contributed by atoms with Crippen molar-refractivity contribution < 1.29 is 0 Å². The molecule has 1 aromatic heterocycles. The normalized spacial score (nSPS) is 10.7. The first-order valence-corrected chi connectivity index (χ1v) is 7.27. The Morgan fingerprint density at radius 1 is 1.05 bits per heavy atom. The number of benzene rings is 1. The Hall–Kier alpha value is -1.48. The Bertz CT molecular complexity index is 614. The third-order valence-corrected chi connectivity index (χ3v) is 3.74. The third-order valence-electron chi connectivity index (χ3n) is 3.40. The molecule has 0 aliphatic heterocycles. The molecular formula is C16H19NOS. The largest absolute Gasteiger partial charge is 0.308 e. The van der Waals surface area contributed by atoms with Gasteiger partial charge < -0.3 is 4.57 Å². The van der Waals surface area contributed by atoms with Crippen LogP contribution in [0.25, 0.3) is 11.3 Å². The quantitative estimate of drug-likeness (QED) is 0.846. The van der Waals surface area contributed by atoms with Gasteiger partial charge >= 0.3 is 0 Å². The smallest absolute Gasteiger partial charge is 0.255 e. The lowest BCUT2D eigenvalue weighted by molar-refractivity contribution is 0.729. The second-order valence-electron chi connectivity index (χ2n) is 4.50. The highest BCUT2D eigenvalue weighted by Crippen LogP contribution is 2.19. The van der Waals surface area contributed by atoms with Gasteiger partial charge in [0.25, 0.3) is 5.56 Å². The molecule has 0 saturated heterocycles. The average molecular weight is 273 g/mol. The summed E-state index contributed by atoms with van der Waals surface area (Å²) >= 11 is 4.20. The molecule has 1 heterocycles. The first kappa shape index (κ1) is 13.9. The molecule has 0 N–H and O–H groups in total. The maximum atomic E-state index is 12.3. The average Bonchev–Trinajstić information content (AvgIpc) is 2.47. The molecule has 0 saturated carbocycles. The van der Waals surface area contributed by atoms with E-state index in [-0.39, 0.29) is 5.56 Å². The first-order chi connectivity index (χ1) is 9.21. The molecule has 0 spiro atoms. The summed E-state index contributed by atoms with van der Waals surface area (Å²) in [6.45, 7) is 4.80. The number of hydrogen-bond acceptors (Lipinski definition) is 2. The lowest BCUT2D eigenvalue weighted by Gasteiger charge is -2.13. The van der Waals surface area contributed by atoms with Gasteiger partial charge in [0.1, 0.15) is 0 Å². The van der Waals surface area contributed by atoms with Gasteiger partial charge in [0, 0.05) is 17.9 Å². The van der Waals surface area contributed by atoms with Gasteiger partial charge in [0.05, 0.1) is 5.69 Å².